The molecule has 1 aromatic carbocycles. The molecule has 1 heterocycles. The van der Waals surface area contributed by atoms with Crippen LogP contribution in [-0.2, 0) is 18.3 Å². The fraction of sp³-hybridized carbons (Fsp3) is 0.550. The minimum atomic E-state index is -0.141. The molecule has 1 aliphatic rings. The lowest BCUT2D eigenvalue weighted by Crippen LogP contribution is -2.37. The van der Waals surface area contributed by atoms with Gasteiger partial charge in [-0.3, -0.25) is 9.59 Å². The average molecular weight is 356 g/mol. The molecule has 140 valence electrons. The molecule has 0 unspecified atom stereocenters. The number of carbonyl (C=O) groups excluding carboxylic acids is 1. The second-order valence-electron chi connectivity index (χ2n) is 7.09. The highest BCUT2D eigenvalue weighted by molar-refractivity contribution is 5.88. The highest BCUT2D eigenvalue weighted by atomic mass is 16.1. The van der Waals surface area contributed by atoms with Gasteiger partial charge in [0, 0.05) is 31.6 Å². The van der Waals surface area contributed by atoms with E-state index in [-0.39, 0.29) is 17.9 Å². The zero-order valence-electron chi connectivity index (χ0n) is 15.5. The predicted molar refractivity (Wildman–Crippen MR) is 103 cm³/mol. The van der Waals surface area contributed by atoms with Gasteiger partial charge in [-0.25, -0.2) is 4.68 Å². The second kappa shape index (κ2) is 8.94. The van der Waals surface area contributed by atoms with E-state index < -0.39 is 0 Å². The van der Waals surface area contributed by atoms with E-state index in [1.807, 2.05) is 18.2 Å². The van der Waals surface area contributed by atoms with E-state index in [1.54, 1.807) is 13.1 Å². The summed E-state index contributed by atoms with van der Waals surface area (Å²) in [6.45, 7) is 1.40. The lowest BCUT2D eigenvalue weighted by atomic mass is 10.1. The molecule has 0 radical (unpaired) electrons. The number of nitrogens with zero attached hydrogens (tertiary/aromatic N) is 2. The number of carbonyl (C=O) groups is 1. The molecule has 1 amide bonds. The molecule has 3 rings (SSSR count). The molecule has 1 saturated carbocycles. The predicted octanol–water partition coefficient (Wildman–Crippen LogP) is 1.90. The van der Waals surface area contributed by atoms with Gasteiger partial charge in [0.25, 0.3) is 5.56 Å². The Morgan fingerprint density at radius 1 is 1.12 bits per heavy atom. The SMILES string of the molecule is Cn1nc(CC(=O)NCCNC2CCCCCC2)c2ccccc2c1=O. The number of amides is 1. The Bertz CT molecular complexity index is 807. The summed E-state index contributed by atoms with van der Waals surface area (Å²) in [5.74, 6) is -0.0658. The molecule has 6 heteroatoms. The number of nitrogens with one attached hydrogen (secondary N) is 2. The number of benzene rings is 1. The maximum Gasteiger partial charge on any atom is 0.274 e. The van der Waals surface area contributed by atoms with E-state index in [2.05, 4.69) is 15.7 Å². The highest BCUT2D eigenvalue weighted by Crippen LogP contribution is 2.17. The summed E-state index contributed by atoms with van der Waals surface area (Å²) in [6.07, 6.45) is 7.94. The van der Waals surface area contributed by atoms with Crippen molar-refractivity contribution in [2.24, 2.45) is 7.05 Å². The van der Waals surface area contributed by atoms with Crippen LogP contribution in [0.5, 0.6) is 0 Å². The number of aromatic nitrogens is 2. The number of aryl methyl sites for hydroxylation is 1. The lowest BCUT2D eigenvalue weighted by Gasteiger charge is -2.16. The second-order valence-corrected chi connectivity index (χ2v) is 7.09. The summed E-state index contributed by atoms with van der Waals surface area (Å²) in [7, 11) is 1.62. The fourth-order valence-electron chi connectivity index (χ4n) is 3.68. The van der Waals surface area contributed by atoms with Crippen LogP contribution in [0.2, 0.25) is 0 Å². The van der Waals surface area contributed by atoms with Gasteiger partial charge in [0.2, 0.25) is 5.91 Å². The van der Waals surface area contributed by atoms with Gasteiger partial charge in [0.1, 0.15) is 0 Å². The first kappa shape index (κ1) is 18.6. The molecule has 1 aliphatic carbocycles. The lowest BCUT2D eigenvalue weighted by molar-refractivity contribution is -0.120. The molecule has 2 aromatic rings. The number of fused-ring (bicyclic) bond motifs is 1. The molecule has 2 N–H and O–H groups in total. The van der Waals surface area contributed by atoms with E-state index in [1.165, 1.54) is 43.2 Å². The van der Waals surface area contributed by atoms with Gasteiger partial charge in [-0.1, -0.05) is 43.9 Å². The van der Waals surface area contributed by atoms with Crippen LogP contribution in [0.1, 0.15) is 44.2 Å². The normalized spacial score (nSPS) is 15.7. The minimum absolute atomic E-state index is 0.0658. The molecule has 0 spiro atoms. The Labute approximate surface area is 154 Å². The van der Waals surface area contributed by atoms with Crippen molar-refractivity contribution in [1.82, 2.24) is 20.4 Å². The van der Waals surface area contributed by atoms with Crippen LogP contribution in [0, 0.1) is 0 Å². The summed E-state index contributed by atoms with van der Waals surface area (Å²) in [6, 6.07) is 7.90. The smallest absolute Gasteiger partial charge is 0.274 e. The van der Waals surface area contributed by atoms with Gasteiger partial charge in [-0.2, -0.15) is 5.10 Å². The first-order chi connectivity index (χ1) is 12.6. The van der Waals surface area contributed by atoms with Crippen molar-refractivity contribution in [3.63, 3.8) is 0 Å². The van der Waals surface area contributed by atoms with Crippen LogP contribution in [0.3, 0.4) is 0 Å². The maximum absolute atomic E-state index is 12.3. The van der Waals surface area contributed by atoms with Gasteiger partial charge in [-0.15, -0.1) is 0 Å². The van der Waals surface area contributed by atoms with Crippen LogP contribution in [-0.4, -0.2) is 34.8 Å². The number of hydrogen-bond acceptors (Lipinski definition) is 4. The molecular formula is C20H28N4O2. The molecule has 0 atom stereocenters. The molecule has 0 bridgehead atoms. The fourth-order valence-corrected chi connectivity index (χ4v) is 3.68. The quantitative estimate of drug-likeness (QED) is 0.612. The first-order valence-corrected chi connectivity index (χ1v) is 9.60. The Morgan fingerprint density at radius 2 is 1.81 bits per heavy atom. The third kappa shape index (κ3) is 4.69. The zero-order chi connectivity index (χ0) is 18.4. The minimum Gasteiger partial charge on any atom is -0.354 e. The standard InChI is InChI=1S/C20H28N4O2/c1-24-20(26)17-11-7-6-10-16(17)18(23-24)14-19(25)22-13-12-21-15-8-4-2-3-5-9-15/h6-7,10-11,15,21H,2-5,8-9,12-14H2,1H3,(H,22,25). The van der Waals surface area contributed by atoms with Gasteiger partial charge in [-0.05, 0) is 18.9 Å². The molecule has 1 aromatic heterocycles. The largest absolute Gasteiger partial charge is 0.354 e. The van der Waals surface area contributed by atoms with Crippen LogP contribution >= 0.6 is 0 Å². The number of hydrogen-bond donors (Lipinski definition) is 2. The highest BCUT2D eigenvalue weighted by Gasteiger charge is 2.13. The maximum atomic E-state index is 12.3. The molecule has 1 fully saturated rings. The van der Waals surface area contributed by atoms with Gasteiger partial charge in [0.05, 0.1) is 17.5 Å². The Kier molecular flexibility index (Phi) is 6.39. The van der Waals surface area contributed by atoms with Gasteiger partial charge >= 0.3 is 0 Å². The first-order valence-electron chi connectivity index (χ1n) is 9.60. The van der Waals surface area contributed by atoms with E-state index in [0.29, 0.717) is 23.7 Å². The molecule has 0 saturated heterocycles. The van der Waals surface area contributed by atoms with E-state index >= 15 is 0 Å². The van der Waals surface area contributed by atoms with Crippen LogP contribution in [0.4, 0.5) is 0 Å². The van der Waals surface area contributed by atoms with E-state index in [9.17, 15) is 9.59 Å². The van der Waals surface area contributed by atoms with E-state index in [4.69, 9.17) is 0 Å². The van der Waals surface area contributed by atoms with Gasteiger partial charge in [0.15, 0.2) is 0 Å². The summed E-state index contributed by atoms with van der Waals surface area (Å²) in [4.78, 5) is 24.4. The molecule has 6 nitrogen and oxygen atoms in total. The Balaban J connectivity index is 1.53. The summed E-state index contributed by atoms with van der Waals surface area (Å²) >= 11 is 0. The van der Waals surface area contributed by atoms with Crippen molar-refractivity contribution in [3.05, 3.63) is 40.3 Å². The van der Waals surface area contributed by atoms with Crippen molar-refractivity contribution < 1.29 is 4.79 Å². The topological polar surface area (TPSA) is 76.0 Å². The monoisotopic (exact) mass is 356 g/mol. The van der Waals surface area contributed by atoms with Crippen molar-refractivity contribution in [3.8, 4) is 0 Å². The molecule has 0 aliphatic heterocycles. The van der Waals surface area contributed by atoms with Crippen LogP contribution in [0.15, 0.2) is 29.1 Å². The van der Waals surface area contributed by atoms with Crippen LogP contribution in [0.25, 0.3) is 10.8 Å². The average Bonchev–Trinajstić information content (AvgIpc) is 2.92. The van der Waals surface area contributed by atoms with E-state index in [0.717, 1.165) is 11.9 Å². The molecule has 26 heavy (non-hydrogen) atoms. The van der Waals surface area contributed by atoms with Crippen molar-refractivity contribution in [2.45, 2.75) is 51.0 Å². The molecular weight excluding hydrogens is 328 g/mol. The summed E-state index contributed by atoms with van der Waals surface area (Å²) in [5.41, 5.74) is 0.495. The van der Waals surface area contributed by atoms with Gasteiger partial charge < -0.3 is 10.6 Å². The van der Waals surface area contributed by atoms with Crippen LogP contribution < -0.4 is 16.2 Å². The summed E-state index contributed by atoms with van der Waals surface area (Å²) in [5, 5.41) is 12.1. The summed E-state index contributed by atoms with van der Waals surface area (Å²) < 4.78 is 1.30. The third-order valence-electron chi connectivity index (χ3n) is 5.10. The third-order valence-corrected chi connectivity index (χ3v) is 5.10. The Morgan fingerprint density at radius 3 is 2.54 bits per heavy atom. The Hall–Kier alpha value is -2.21. The van der Waals surface area contributed by atoms with Crippen molar-refractivity contribution >= 4 is 16.7 Å². The zero-order valence-corrected chi connectivity index (χ0v) is 15.5. The van der Waals surface area contributed by atoms with Crippen molar-refractivity contribution in [1.29, 1.82) is 0 Å². The number of rotatable bonds is 6. The van der Waals surface area contributed by atoms with Crippen molar-refractivity contribution in [2.75, 3.05) is 13.1 Å².